The van der Waals surface area contributed by atoms with Crippen LogP contribution in [-0.4, -0.2) is 40.8 Å². The van der Waals surface area contributed by atoms with Crippen LogP contribution in [0.2, 0.25) is 0 Å². The van der Waals surface area contributed by atoms with Crippen LogP contribution in [0.3, 0.4) is 0 Å². The van der Waals surface area contributed by atoms with Crippen LogP contribution < -0.4 is 10.6 Å². The first-order chi connectivity index (χ1) is 9.59. The van der Waals surface area contributed by atoms with Gasteiger partial charge in [-0.25, -0.2) is 14.6 Å². The molecule has 3 N–H and O–H groups in total. The van der Waals surface area contributed by atoms with Gasteiger partial charge >= 0.3 is 12.0 Å². The highest BCUT2D eigenvalue weighted by Crippen LogP contribution is 2.40. The Morgan fingerprint density at radius 3 is 2.90 bits per heavy atom. The number of carbonyl (C=O) groups is 2. The molecule has 2 aliphatic rings. The molecule has 1 aliphatic carbocycles. The third-order valence-corrected chi connectivity index (χ3v) is 4.30. The quantitative estimate of drug-likeness (QED) is 0.779. The lowest BCUT2D eigenvalue weighted by Crippen LogP contribution is -2.56. The van der Waals surface area contributed by atoms with Crippen molar-refractivity contribution in [3.8, 4) is 0 Å². The number of hydrogen-bond acceptors (Lipinski definition) is 5. The van der Waals surface area contributed by atoms with Crippen molar-refractivity contribution in [3.63, 3.8) is 0 Å². The number of aliphatic carboxylic acids is 1. The van der Waals surface area contributed by atoms with E-state index in [2.05, 4.69) is 15.6 Å². The number of thiazole rings is 1. The predicted octanol–water partition coefficient (Wildman–Crippen LogP) is 1.39. The fourth-order valence-electron chi connectivity index (χ4n) is 2.14. The lowest BCUT2D eigenvalue weighted by molar-refractivity contribution is -0.144. The molecule has 0 spiro atoms. The van der Waals surface area contributed by atoms with Crippen LogP contribution in [-0.2, 0) is 9.53 Å². The molecule has 2 fully saturated rings. The Balaban J connectivity index is 1.61. The van der Waals surface area contributed by atoms with E-state index in [0.29, 0.717) is 17.7 Å². The highest BCUT2D eigenvalue weighted by atomic mass is 32.1. The van der Waals surface area contributed by atoms with Crippen molar-refractivity contribution in [2.45, 2.75) is 30.7 Å². The second-order valence-corrected chi connectivity index (χ2v) is 5.98. The first kappa shape index (κ1) is 13.3. The Labute approximate surface area is 119 Å². The van der Waals surface area contributed by atoms with E-state index in [1.54, 1.807) is 0 Å². The van der Waals surface area contributed by atoms with Crippen LogP contribution in [0.1, 0.15) is 30.9 Å². The van der Waals surface area contributed by atoms with Gasteiger partial charge in [-0.05, 0) is 12.8 Å². The minimum atomic E-state index is -1.33. The zero-order valence-corrected chi connectivity index (χ0v) is 11.5. The van der Waals surface area contributed by atoms with E-state index >= 15 is 0 Å². The van der Waals surface area contributed by atoms with E-state index in [-0.39, 0.29) is 13.0 Å². The molecule has 0 aromatic carbocycles. The van der Waals surface area contributed by atoms with Crippen LogP contribution in [0.15, 0.2) is 5.38 Å². The summed E-state index contributed by atoms with van der Waals surface area (Å²) in [5.41, 5.74) is -0.330. The zero-order valence-electron chi connectivity index (χ0n) is 10.7. The summed E-state index contributed by atoms with van der Waals surface area (Å²) in [7, 11) is 0. The lowest BCUT2D eigenvalue weighted by Gasteiger charge is -2.23. The van der Waals surface area contributed by atoms with Gasteiger partial charge in [0.2, 0.25) is 0 Å². The predicted molar refractivity (Wildman–Crippen MR) is 72.0 cm³/mol. The standard InChI is InChI=1S/C12H15N3O4S/c16-9(17)12(3-4-19-6-12)15-10(18)14-11-13-8(5-20-11)7-1-2-7/h5,7H,1-4,6H2,(H,16,17)(H2,13,14,15,18). The van der Waals surface area contributed by atoms with E-state index in [1.807, 2.05) is 5.38 Å². The molecule has 1 aliphatic heterocycles. The third kappa shape index (κ3) is 2.61. The van der Waals surface area contributed by atoms with Gasteiger partial charge in [0.1, 0.15) is 0 Å². The summed E-state index contributed by atoms with van der Waals surface area (Å²) in [5, 5.41) is 16.7. The maximum atomic E-state index is 11.9. The summed E-state index contributed by atoms with van der Waals surface area (Å²) in [6.07, 6.45) is 2.56. The molecular weight excluding hydrogens is 282 g/mol. The number of aromatic nitrogens is 1. The van der Waals surface area contributed by atoms with Gasteiger partial charge in [0.25, 0.3) is 0 Å². The average molecular weight is 297 g/mol. The molecule has 0 radical (unpaired) electrons. The molecular formula is C12H15N3O4S. The van der Waals surface area contributed by atoms with E-state index in [1.165, 1.54) is 11.3 Å². The van der Waals surface area contributed by atoms with Crippen LogP contribution >= 0.6 is 11.3 Å². The first-order valence-electron chi connectivity index (χ1n) is 6.45. The van der Waals surface area contributed by atoms with Crippen LogP contribution in [0.25, 0.3) is 0 Å². The van der Waals surface area contributed by atoms with Crippen molar-refractivity contribution < 1.29 is 19.4 Å². The fourth-order valence-corrected chi connectivity index (χ4v) is 2.93. The summed E-state index contributed by atoms with van der Waals surface area (Å²) in [5.74, 6) is -0.554. The Hall–Kier alpha value is -1.67. The molecule has 1 unspecified atom stereocenters. The number of carboxylic acid groups (broad SMARTS) is 1. The summed E-state index contributed by atoms with van der Waals surface area (Å²) in [6, 6.07) is -0.561. The van der Waals surface area contributed by atoms with Gasteiger partial charge in [-0.3, -0.25) is 5.32 Å². The van der Waals surface area contributed by atoms with E-state index in [4.69, 9.17) is 4.74 Å². The number of nitrogens with zero attached hydrogens (tertiary/aromatic N) is 1. The molecule has 1 aromatic heterocycles. The summed E-state index contributed by atoms with van der Waals surface area (Å²) in [6.45, 7) is 0.316. The smallest absolute Gasteiger partial charge is 0.332 e. The zero-order chi connectivity index (χ0) is 14.2. The van der Waals surface area contributed by atoms with Gasteiger partial charge in [0.05, 0.1) is 12.3 Å². The molecule has 108 valence electrons. The molecule has 1 aromatic rings. The number of anilines is 1. The molecule has 0 bridgehead atoms. The van der Waals surface area contributed by atoms with Crippen molar-refractivity contribution in [1.29, 1.82) is 0 Å². The number of ether oxygens (including phenoxy) is 1. The van der Waals surface area contributed by atoms with E-state index < -0.39 is 17.5 Å². The van der Waals surface area contributed by atoms with Crippen molar-refractivity contribution in [3.05, 3.63) is 11.1 Å². The second-order valence-electron chi connectivity index (χ2n) is 5.12. The molecule has 3 rings (SSSR count). The number of rotatable bonds is 4. The minimum absolute atomic E-state index is 0.0129. The van der Waals surface area contributed by atoms with Gasteiger partial charge in [0.15, 0.2) is 10.7 Å². The van der Waals surface area contributed by atoms with Crippen molar-refractivity contribution in [2.75, 3.05) is 18.5 Å². The van der Waals surface area contributed by atoms with Gasteiger partial charge in [-0.2, -0.15) is 0 Å². The number of carbonyl (C=O) groups excluding carboxylic acids is 1. The molecule has 8 heteroatoms. The second kappa shape index (κ2) is 5.02. The van der Waals surface area contributed by atoms with Gasteiger partial charge in [0, 0.05) is 24.3 Å². The number of hydrogen-bond donors (Lipinski definition) is 3. The maximum absolute atomic E-state index is 11.9. The summed E-state index contributed by atoms with van der Waals surface area (Å²) >= 11 is 1.35. The van der Waals surface area contributed by atoms with E-state index in [9.17, 15) is 14.7 Å². The Kier molecular flexibility index (Phi) is 3.35. The normalized spacial score (nSPS) is 25.4. The molecule has 1 saturated heterocycles. The first-order valence-corrected chi connectivity index (χ1v) is 7.33. The molecule has 1 atom stereocenters. The Bertz CT molecular complexity index is 535. The number of carboxylic acids is 1. The molecule has 2 heterocycles. The molecule has 20 heavy (non-hydrogen) atoms. The van der Waals surface area contributed by atoms with Gasteiger partial charge in [-0.15, -0.1) is 11.3 Å². The SMILES string of the molecule is O=C(Nc1nc(C2CC2)cs1)NC1(C(=O)O)CCOC1. The summed E-state index contributed by atoms with van der Waals surface area (Å²) in [4.78, 5) is 27.5. The Morgan fingerprint density at radius 2 is 2.30 bits per heavy atom. The molecule has 7 nitrogen and oxygen atoms in total. The highest BCUT2D eigenvalue weighted by Gasteiger charge is 2.44. The van der Waals surface area contributed by atoms with Crippen LogP contribution in [0.4, 0.5) is 9.93 Å². The number of urea groups is 1. The van der Waals surface area contributed by atoms with Gasteiger partial charge in [-0.1, -0.05) is 0 Å². The van der Waals surface area contributed by atoms with Crippen molar-refractivity contribution >= 4 is 28.5 Å². The number of nitrogens with one attached hydrogen (secondary N) is 2. The van der Waals surface area contributed by atoms with Gasteiger partial charge < -0.3 is 15.2 Å². The van der Waals surface area contributed by atoms with Crippen molar-refractivity contribution in [1.82, 2.24) is 10.3 Å². The topological polar surface area (TPSA) is 101 Å². The lowest BCUT2D eigenvalue weighted by atomic mass is 9.99. The number of amides is 2. The summed E-state index contributed by atoms with van der Waals surface area (Å²) < 4.78 is 5.08. The monoisotopic (exact) mass is 297 g/mol. The average Bonchev–Trinajstić information content (AvgIpc) is 2.96. The highest BCUT2D eigenvalue weighted by molar-refractivity contribution is 7.13. The van der Waals surface area contributed by atoms with E-state index in [0.717, 1.165) is 18.5 Å². The van der Waals surface area contributed by atoms with Crippen molar-refractivity contribution in [2.24, 2.45) is 0 Å². The Morgan fingerprint density at radius 1 is 1.50 bits per heavy atom. The van der Waals surface area contributed by atoms with Crippen LogP contribution in [0.5, 0.6) is 0 Å². The fraction of sp³-hybridized carbons (Fsp3) is 0.583. The third-order valence-electron chi connectivity index (χ3n) is 3.52. The molecule has 2 amide bonds. The van der Waals surface area contributed by atoms with Crippen LogP contribution in [0, 0.1) is 0 Å². The molecule has 1 saturated carbocycles. The minimum Gasteiger partial charge on any atom is -0.479 e. The maximum Gasteiger partial charge on any atom is 0.332 e. The largest absolute Gasteiger partial charge is 0.479 e.